The Labute approximate surface area is 375 Å². The average molecular weight is 804 g/mol. The zero-order valence-corrected chi connectivity index (χ0v) is 34.7. The maximum Gasteiger partial charge on any atom is 0.145 e. The maximum atomic E-state index is 6.73. The molecule has 0 bridgehead atoms. The van der Waals surface area contributed by atoms with Crippen molar-refractivity contribution in [2.45, 2.75) is 0 Å². The minimum Gasteiger partial charge on any atom is -0.292 e. The lowest BCUT2D eigenvalue weighted by Crippen LogP contribution is -2.55. The van der Waals surface area contributed by atoms with E-state index in [1.54, 1.807) is 0 Å². The van der Waals surface area contributed by atoms with E-state index in [1.807, 2.05) is 17.4 Å². The van der Waals surface area contributed by atoms with Gasteiger partial charge in [0.2, 0.25) is 0 Å². The first-order valence-corrected chi connectivity index (χ1v) is 21.6. The summed E-state index contributed by atoms with van der Waals surface area (Å²) in [7, 11) is 32.6. The molecule has 2 aromatic heterocycles. The molecule has 0 amide bonds. The van der Waals surface area contributed by atoms with E-state index in [4.69, 9.17) is 44.2 Å². The molecular formula is C55H29B5N2S. The number of imidazole rings is 1. The van der Waals surface area contributed by atoms with Gasteiger partial charge in [-0.1, -0.05) is 150 Å². The molecule has 0 N–H and O–H groups in total. The lowest BCUT2D eigenvalue weighted by molar-refractivity contribution is 1.11. The minimum absolute atomic E-state index is 0.190. The van der Waals surface area contributed by atoms with E-state index in [-0.39, 0.29) is 16.4 Å². The Morgan fingerprint density at radius 1 is 0.397 bits per heavy atom. The highest BCUT2D eigenvalue weighted by molar-refractivity contribution is 7.26. The fourth-order valence-electron chi connectivity index (χ4n) is 9.73. The third kappa shape index (κ3) is 5.74. The highest BCUT2D eigenvalue weighted by Gasteiger charge is 2.23. The Balaban J connectivity index is 1.13. The predicted octanol–water partition coefficient (Wildman–Crippen LogP) is 9.49. The van der Waals surface area contributed by atoms with Crippen LogP contribution >= 0.6 is 11.3 Å². The number of hydrogen-bond acceptors (Lipinski definition) is 2. The molecule has 63 heavy (non-hydrogen) atoms. The third-order valence-electron chi connectivity index (χ3n) is 12.7. The molecule has 0 spiro atoms. The molecule has 2 nitrogen and oxygen atoms in total. The number of benzene rings is 10. The Kier molecular flexibility index (Phi) is 8.71. The van der Waals surface area contributed by atoms with Crippen molar-refractivity contribution in [3.05, 3.63) is 176 Å². The number of fused-ring (bicyclic) bond motifs is 7. The predicted molar refractivity (Wildman–Crippen MR) is 275 cm³/mol. The van der Waals surface area contributed by atoms with Gasteiger partial charge in [0.05, 0.1) is 16.7 Å². The molecule has 0 atom stereocenters. The van der Waals surface area contributed by atoms with Crippen LogP contribution in [-0.4, -0.2) is 48.8 Å². The SMILES string of the molecule is [B]c1c([B])c([B])c(-c2ccc3c(-c4ccc(-c5nc6ccccc6n5-c5cccc6ccccc56)cc4)c4ccccc4c(-c4cccc5sc6ccccc6c45)c3c2)c([B])c1[B]. The lowest BCUT2D eigenvalue weighted by Gasteiger charge is -2.23. The zero-order valence-electron chi connectivity index (χ0n) is 33.9. The summed E-state index contributed by atoms with van der Waals surface area (Å²) >= 11 is 1.81. The average Bonchev–Trinajstić information content (AvgIpc) is 3.91. The summed E-state index contributed by atoms with van der Waals surface area (Å²) in [6.45, 7) is 0. The van der Waals surface area contributed by atoms with Crippen molar-refractivity contribution < 1.29 is 0 Å². The van der Waals surface area contributed by atoms with Gasteiger partial charge in [-0.2, -0.15) is 0 Å². The van der Waals surface area contributed by atoms with Gasteiger partial charge in [-0.05, 0) is 96.7 Å². The first-order chi connectivity index (χ1) is 30.9. The van der Waals surface area contributed by atoms with Crippen molar-refractivity contribution >= 4 is 141 Å². The summed E-state index contributed by atoms with van der Waals surface area (Å²) in [5.41, 5.74) is 11.1. The van der Waals surface area contributed by atoms with Crippen molar-refractivity contribution in [2.24, 2.45) is 0 Å². The van der Waals surface area contributed by atoms with Crippen LogP contribution in [0.3, 0.4) is 0 Å². The molecule has 0 unspecified atom stereocenters. The van der Waals surface area contributed by atoms with Gasteiger partial charge in [-0.3, -0.25) is 4.57 Å². The fraction of sp³-hybridized carbons (Fsp3) is 0. The number of hydrogen-bond donors (Lipinski definition) is 0. The molecule has 10 aromatic carbocycles. The molecule has 280 valence electrons. The molecule has 0 fully saturated rings. The third-order valence-corrected chi connectivity index (χ3v) is 13.8. The van der Waals surface area contributed by atoms with Gasteiger partial charge < -0.3 is 0 Å². The van der Waals surface area contributed by atoms with Crippen molar-refractivity contribution in [3.8, 4) is 50.5 Å². The van der Waals surface area contributed by atoms with Crippen molar-refractivity contribution in [3.63, 3.8) is 0 Å². The number of thiophene rings is 1. The van der Waals surface area contributed by atoms with E-state index >= 15 is 0 Å². The van der Waals surface area contributed by atoms with Crippen LogP contribution in [0.15, 0.2) is 176 Å². The molecule has 0 saturated heterocycles. The van der Waals surface area contributed by atoms with Gasteiger partial charge in [0.1, 0.15) is 45.1 Å². The normalized spacial score (nSPS) is 11.8. The van der Waals surface area contributed by atoms with E-state index in [9.17, 15) is 0 Å². The van der Waals surface area contributed by atoms with E-state index in [0.717, 1.165) is 82.9 Å². The Bertz CT molecular complexity index is 3830. The number of aromatic nitrogens is 2. The molecule has 12 aromatic rings. The number of para-hydroxylation sites is 2. The lowest BCUT2D eigenvalue weighted by atomic mass is 9.59. The second kappa shape index (κ2) is 14.5. The van der Waals surface area contributed by atoms with Crippen LogP contribution in [0.25, 0.3) is 114 Å². The molecule has 8 heteroatoms. The van der Waals surface area contributed by atoms with Crippen molar-refractivity contribution in [2.75, 3.05) is 0 Å². The quantitative estimate of drug-likeness (QED) is 0.125. The number of rotatable bonds is 5. The maximum absolute atomic E-state index is 6.73. The van der Waals surface area contributed by atoms with Crippen LogP contribution < -0.4 is 27.3 Å². The molecule has 10 radical (unpaired) electrons. The molecule has 0 aliphatic carbocycles. The van der Waals surface area contributed by atoms with Gasteiger partial charge in [0, 0.05) is 31.1 Å². The van der Waals surface area contributed by atoms with Gasteiger partial charge in [-0.25, -0.2) is 4.98 Å². The minimum atomic E-state index is 0.190. The van der Waals surface area contributed by atoms with Gasteiger partial charge in [0.25, 0.3) is 0 Å². The van der Waals surface area contributed by atoms with Crippen molar-refractivity contribution in [1.82, 2.24) is 9.55 Å². The summed E-state index contributed by atoms with van der Waals surface area (Å²) in [5.74, 6) is 0.877. The molecular weight excluding hydrogens is 775 g/mol. The second-order valence-corrected chi connectivity index (χ2v) is 17.2. The van der Waals surface area contributed by atoms with Gasteiger partial charge in [-0.15, -0.1) is 27.7 Å². The van der Waals surface area contributed by atoms with E-state index < -0.39 is 0 Å². The second-order valence-electron chi connectivity index (χ2n) is 16.1. The zero-order chi connectivity index (χ0) is 42.5. The topological polar surface area (TPSA) is 17.8 Å². The Morgan fingerprint density at radius 2 is 0.968 bits per heavy atom. The Morgan fingerprint density at radius 3 is 1.76 bits per heavy atom. The van der Waals surface area contributed by atoms with Crippen LogP contribution in [0.1, 0.15) is 0 Å². The van der Waals surface area contributed by atoms with Crippen LogP contribution in [0, 0.1) is 0 Å². The molecule has 12 rings (SSSR count). The van der Waals surface area contributed by atoms with E-state index in [1.165, 1.54) is 25.6 Å². The van der Waals surface area contributed by atoms with Crippen LogP contribution in [0.4, 0.5) is 0 Å². The summed E-state index contributed by atoms with van der Waals surface area (Å²) in [4.78, 5) is 5.24. The fourth-order valence-corrected chi connectivity index (χ4v) is 10.9. The standard InChI is InChI=1S/C55H29B5N2S/c56-50-47(51(57)53(59)54(60)52(50)58)33-27-28-37-40(29-33)48(39-17-10-22-45-49(39)38-16-5-8-21-44(38)63-45)36-15-4-3-14-35(36)46(37)31-23-25-32(26-24-31)55-61-41-18-6-7-19-43(41)62(55)42-20-9-12-30-11-1-2-13-34(30)42/h1-29H. The molecule has 0 aliphatic rings. The van der Waals surface area contributed by atoms with Crippen LogP contribution in [0.5, 0.6) is 0 Å². The van der Waals surface area contributed by atoms with E-state index in [0.29, 0.717) is 16.5 Å². The monoisotopic (exact) mass is 804 g/mol. The molecule has 2 heterocycles. The molecule has 0 saturated carbocycles. The first kappa shape index (κ1) is 37.7. The largest absolute Gasteiger partial charge is 0.292 e. The summed E-state index contributed by atoms with van der Waals surface area (Å²) in [6, 6.07) is 62.5. The van der Waals surface area contributed by atoms with E-state index in [2.05, 4.69) is 174 Å². The summed E-state index contributed by atoms with van der Waals surface area (Å²) in [5, 5.41) is 9.17. The smallest absolute Gasteiger partial charge is 0.145 e. The summed E-state index contributed by atoms with van der Waals surface area (Å²) < 4.78 is 4.76. The Hall–Kier alpha value is -7.01. The molecule has 0 aliphatic heterocycles. The van der Waals surface area contributed by atoms with Gasteiger partial charge in [0.15, 0.2) is 0 Å². The van der Waals surface area contributed by atoms with Gasteiger partial charge >= 0.3 is 0 Å². The number of nitrogens with zero attached hydrogens (tertiary/aromatic N) is 2. The highest BCUT2D eigenvalue weighted by atomic mass is 32.1. The highest BCUT2D eigenvalue weighted by Crippen LogP contribution is 2.48. The van der Waals surface area contributed by atoms with Crippen molar-refractivity contribution in [1.29, 1.82) is 0 Å². The van der Waals surface area contributed by atoms with Crippen LogP contribution in [-0.2, 0) is 0 Å². The summed E-state index contributed by atoms with van der Waals surface area (Å²) in [6.07, 6.45) is 0. The van der Waals surface area contributed by atoms with Crippen LogP contribution in [0.2, 0.25) is 0 Å². The first-order valence-electron chi connectivity index (χ1n) is 20.8.